The Morgan fingerprint density at radius 3 is 2.67 bits per heavy atom. The summed E-state index contributed by atoms with van der Waals surface area (Å²) in [5, 5.41) is 0.859. The zero-order chi connectivity index (χ0) is 14.7. The summed E-state index contributed by atoms with van der Waals surface area (Å²) in [7, 11) is 1.80. The Morgan fingerprint density at radius 2 is 2.00 bits per heavy atom. The minimum Gasteiger partial charge on any atom is -0.463 e. The van der Waals surface area contributed by atoms with Crippen LogP contribution in [0.15, 0.2) is 34.9 Å². The van der Waals surface area contributed by atoms with Crippen molar-refractivity contribution in [2.24, 2.45) is 11.7 Å². The van der Waals surface area contributed by atoms with E-state index in [1.807, 2.05) is 24.3 Å². The summed E-state index contributed by atoms with van der Waals surface area (Å²) in [6.07, 6.45) is 2.33. The average Bonchev–Trinajstić information content (AvgIpc) is 2.87. The fraction of sp³-hybridized carbons (Fsp3) is 0.438. The second-order valence-corrected chi connectivity index (χ2v) is 5.57. The van der Waals surface area contributed by atoms with E-state index in [1.165, 1.54) is 6.26 Å². The maximum atomic E-state index is 12.4. The van der Waals surface area contributed by atoms with Gasteiger partial charge in [-0.2, -0.15) is 0 Å². The van der Waals surface area contributed by atoms with Crippen LogP contribution >= 0.6 is 12.4 Å². The monoisotopic (exact) mass is 310 g/mol. The van der Waals surface area contributed by atoms with Crippen LogP contribution in [0, 0.1) is 5.92 Å². The molecule has 0 fully saturated rings. The van der Waals surface area contributed by atoms with E-state index in [0.29, 0.717) is 18.0 Å². The van der Waals surface area contributed by atoms with Crippen molar-refractivity contribution in [3.05, 3.63) is 36.1 Å². The second kappa shape index (κ2) is 7.48. The molecule has 1 amide bonds. The number of hydrogen-bond acceptors (Lipinski definition) is 3. The molecule has 0 aliphatic heterocycles. The maximum Gasteiger partial charge on any atom is 0.257 e. The van der Waals surface area contributed by atoms with E-state index in [2.05, 4.69) is 13.8 Å². The normalized spacial score (nSPS) is 12.2. The Labute approximate surface area is 131 Å². The van der Waals surface area contributed by atoms with Crippen molar-refractivity contribution in [3.63, 3.8) is 0 Å². The van der Waals surface area contributed by atoms with Crippen LogP contribution in [0.4, 0.5) is 0 Å². The number of carbonyl (C=O) groups excluding carboxylic acids is 1. The first-order valence-corrected chi connectivity index (χ1v) is 6.98. The number of amides is 1. The minimum atomic E-state index is -0.0223. The van der Waals surface area contributed by atoms with Crippen molar-refractivity contribution in [2.45, 2.75) is 26.3 Å². The number of furan rings is 1. The van der Waals surface area contributed by atoms with Crippen LogP contribution in [0.2, 0.25) is 0 Å². The lowest BCUT2D eigenvalue weighted by Gasteiger charge is -2.21. The highest BCUT2D eigenvalue weighted by atomic mass is 35.5. The maximum absolute atomic E-state index is 12.4. The molecule has 2 N–H and O–H groups in total. The quantitative estimate of drug-likeness (QED) is 0.921. The summed E-state index contributed by atoms with van der Waals surface area (Å²) in [5.74, 6) is 0.402. The van der Waals surface area contributed by atoms with E-state index in [-0.39, 0.29) is 24.4 Å². The molecular weight excluding hydrogens is 288 g/mol. The molecule has 1 aromatic heterocycles. The van der Waals surface area contributed by atoms with Crippen molar-refractivity contribution < 1.29 is 9.21 Å². The lowest BCUT2D eigenvalue weighted by molar-refractivity contribution is 0.0790. The van der Waals surface area contributed by atoms with Gasteiger partial charge in [-0.15, -0.1) is 12.4 Å². The number of benzene rings is 1. The number of fused-ring (bicyclic) bond motifs is 1. The molecule has 0 saturated heterocycles. The minimum absolute atomic E-state index is 0. The van der Waals surface area contributed by atoms with Crippen LogP contribution in [0.3, 0.4) is 0 Å². The van der Waals surface area contributed by atoms with Crippen molar-refractivity contribution in [3.8, 4) is 0 Å². The second-order valence-electron chi connectivity index (χ2n) is 5.57. The molecule has 0 bridgehead atoms. The molecule has 4 nitrogen and oxygen atoms in total. The number of rotatable bonds is 5. The van der Waals surface area contributed by atoms with E-state index in [4.69, 9.17) is 10.2 Å². The van der Waals surface area contributed by atoms with Gasteiger partial charge >= 0.3 is 0 Å². The van der Waals surface area contributed by atoms with Gasteiger partial charge in [0.25, 0.3) is 5.91 Å². The summed E-state index contributed by atoms with van der Waals surface area (Å²) in [5.41, 5.74) is 7.37. The molecule has 21 heavy (non-hydrogen) atoms. The third-order valence-corrected chi connectivity index (χ3v) is 3.71. The molecule has 0 spiro atoms. The molecule has 0 aliphatic carbocycles. The third kappa shape index (κ3) is 3.99. The summed E-state index contributed by atoms with van der Waals surface area (Å²) in [4.78, 5) is 14.1. The zero-order valence-corrected chi connectivity index (χ0v) is 13.5. The Bertz CT molecular complexity index is 595. The molecule has 0 radical (unpaired) electrons. The van der Waals surface area contributed by atoms with Gasteiger partial charge in [0, 0.05) is 25.0 Å². The zero-order valence-electron chi connectivity index (χ0n) is 12.7. The average molecular weight is 311 g/mol. The number of hydrogen-bond donors (Lipinski definition) is 1. The number of carbonyl (C=O) groups is 1. The van der Waals surface area contributed by atoms with Crippen LogP contribution in [-0.2, 0) is 0 Å². The predicted molar refractivity (Wildman–Crippen MR) is 87.9 cm³/mol. The van der Waals surface area contributed by atoms with Gasteiger partial charge in [0.15, 0.2) is 0 Å². The highest BCUT2D eigenvalue weighted by Gasteiger charge is 2.18. The van der Waals surface area contributed by atoms with Crippen molar-refractivity contribution in [2.75, 3.05) is 13.6 Å². The van der Waals surface area contributed by atoms with E-state index >= 15 is 0 Å². The molecule has 1 heterocycles. The Hall–Kier alpha value is -1.52. The molecule has 0 saturated carbocycles. The number of para-hydroxylation sites is 1. The predicted octanol–water partition coefficient (Wildman–Crippen LogP) is 3.30. The summed E-state index contributed by atoms with van der Waals surface area (Å²) >= 11 is 0. The highest BCUT2D eigenvalue weighted by molar-refractivity contribution is 6.05. The number of halogens is 1. The highest BCUT2D eigenvalue weighted by Crippen LogP contribution is 2.21. The molecule has 116 valence electrons. The first-order chi connectivity index (χ1) is 9.50. The van der Waals surface area contributed by atoms with E-state index in [9.17, 15) is 4.79 Å². The Balaban J connectivity index is 0.00000220. The van der Waals surface area contributed by atoms with Gasteiger partial charge in [-0.1, -0.05) is 32.0 Å². The molecule has 1 unspecified atom stereocenters. The van der Waals surface area contributed by atoms with Crippen LogP contribution in [0.5, 0.6) is 0 Å². The smallest absolute Gasteiger partial charge is 0.257 e. The largest absolute Gasteiger partial charge is 0.463 e. The van der Waals surface area contributed by atoms with E-state index < -0.39 is 0 Å². The van der Waals surface area contributed by atoms with Crippen LogP contribution < -0.4 is 5.73 Å². The molecule has 0 aliphatic rings. The van der Waals surface area contributed by atoms with E-state index in [0.717, 1.165) is 17.4 Å². The fourth-order valence-corrected chi connectivity index (χ4v) is 2.13. The first-order valence-electron chi connectivity index (χ1n) is 6.98. The topological polar surface area (TPSA) is 59.5 Å². The molecule has 1 atom stereocenters. The van der Waals surface area contributed by atoms with Gasteiger partial charge in [-0.25, -0.2) is 0 Å². The summed E-state index contributed by atoms with van der Waals surface area (Å²) in [6.45, 7) is 4.84. The Morgan fingerprint density at radius 1 is 1.33 bits per heavy atom. The molecule has 1 aromatic carbocycles. The van der Waals surface area contributed by atoms with Crippen LogP contribution in [0.1, 0.15) is 30.6 Å². The van der Waals surface area contributed by atoms with Gasteiger partial charge in [0.1, 0.15) is 11.8 Å². The van der Waals surface area contributed by atoms with Gasteiger partial charge < -0.3 is 15.1 Å². The summed E-state index contributed by atoms with van der Waals surface area (Å²) < 4.78 is 5.41. The van der Waals surface area contributed by atoms with Gasteiger partial charge in [-0.3, -0.25) is 4.79 Å². The van der Waals surface area contributed by atoms with E-state index in [1.54, 1.807) is 11.9 Å². The van der Waals surface area contributed by atoms with Crippen molar-refractivity contribution >= 4 is 29.3 Å². The fourth-order valence-electron chi connectivity index (χ4n) is 2.13. The number of nitrogens with two attached hydrogens (primary N) is 1. The van der Waals surface area contributed by atoms with Gasteiger partial charge in [0.05, 0.1) is 5.56 Å². The lowest BCUT2D eigenvalue weighted by atomic mass is 10.0. The molecule has 2 rings (SSSR count). The van der Waals surface area contributed by atoms with Crippen LogP contribution in [0.25, 0.3) is 11.0 Å². The van der Waals surface area contributed by atoms with Gasteiger partial charge in [0.2, 0.25) is 0 Å². The third-order valence-electron chi connectivity index (χ3n) is 3.71. The molecular formula is C16H23ClN2O2. The lowest BCUT2D eigenvalue weighted by Crippen LogP contribution is -2.34. The van der Waals surface area contributed by atoms with Crippen molar-refractivity contribution in [1.29, 1.82) is 0 Å². The van der Waals surface area contributed by atoms with Crippen molar-refractivity contribution in [1.82, 2.24) is 4.90 Å². The Kier molecular flexibility index (Phi) is 6.24. The molecule has 2 aromatic rings. The van der Waals surface area contributed by atoms with Gasteiger partial charge in [-0.05, 0) is 18.4 Å². The standard InChI is InChI=1S/C16H22N2O2.ClH/c1-11(2)14(17)8-9-18(3)16(19)13-10-20-15-7-5-4-6-12(13)15;/h4-7,10-11,14H,8-9,17H2,1-3H3;1H. The van der Waals surface area contributed by atoms with Crippen LogP contribution in [-0.4, -0.2) is 30.4 Å². The summed E-state index contributed by atoms with van der Waals surface area (Å²) in [6, 6.07) is 7.68. The first kappa shape index (κ1) is 17.5. The molecule has 5 heteroatoms. The SMILES string of the molecule is CC(C)C(N)CCN(C)C(=O)c1coc2ccccc12.Cl. The number of nitrogens with zero attached hydrogens (tertiary/aromatic N) is 1.